The van der Waals surface area contributed by atoms with Crippen molar-refractivity contribution in [3.63, 3.8) is 0 Å². The molecule has 0 saturated carbocycles. The molecule has 0 atom stereocenters. The SMILES string of the molecule is CCCCCC[Si]OCCOCCOCCOC. The lowest BCUT2D eigenvalue weighted by Crippen LogP contribution is -2.12. The van der Waals surface area contributed by atoms with Gasteiger partial charge in [0, 0.05) is 7.11 Å². The van der Waals surface area contributed by atoms with Gasteiger partial charge in [0.15, 0.2) is 0 Å². The smallest absolute Gasteiger partial charge is 0.229 e. The Kier molecular flexibility index (Phi) is 17.1. The number of methoxy groups -OCH3 is 1. The number of hydrogen-bond donors (Lipinski definition) is 0. The predicted molar refractivity (Wildman–Crippen MR) is 74.2 cm³/mol. The van der Waals surface area contributed by atoms with Gasteiger partial charge < -0.3 is 18.6 Å². The Morgan fingerprint density at radius 3 is 2.11 bits per heavy atom. The lowest BCUT2D eigenvalue weighted by Gasteiger charge is -2.06. The van der Waals surface area contributed by atoms with Crippen LogP contribution in [0.2, 0.25) is 6.04 Å². The van der Waals surface area contributed by atoms with Gasteiger partial charge >= 0.3 is 0 Å². The van der Waals surface area contributed by atoms with E-state index in [-0.39, 0.29) is 0 Å². The second kappa shape index (κ2) is 17.1. The molecule has 0 spiro atoms. The van der Waals surface area contributed by atoms with Crippen molar-refractivity contribution >= 4 is 9.76 Å². The fourth-order valence-corrected chi connectivity index (χ4v) is 2.10. The van der Waals surface area contributed by atoms with Crippen LogP contribution < -0.4 is 0 Å². The monoisotopic (exact) mass is 276 g/mol. The third-order valence-corrected chi connectivity index (χ3v) is 3.33. The summed E-state index contributed by atoms with van der Waals surface area (Å²) in [6.07, 6.45) is 5.27. The third kappa shape index (κ3) is 16.1. The lowest BCUT2D eigenvalue weighted by molar-refractivity contribution is 0.0181. The van der Waals surface area contributed by atoms with Crippen LogP contribution in [0.15, 0.2) is 0 Å². The standard InChI is InChI=1S/C13H28O4Si/c1-3-4-5-6-13-18-17-12-11-16-10-9-15-8-7-14-2/h3-13H2,1-2H3. The van der Waals surface area contributed by atoms with Crippen molar-refractivity contribution in [2.24, 2.45) is 0 Å². The topological polar surface area (TPSA) is 36.9 Å². The number of rotatable bonds is 15. The van der Waals surface area contributed by atoms with Gasteiger partial charge in [0.05, 0.1) is 39.6 Å². The van der Waals surface area contributed by atoms with Crippen LogP contribution in [0, 0.1) is 0 Å². The molecule has 0 aliphatic heterocycles. The predicted octanol–water partition coefficient (Wildman–Crippen LogP) is 2.30. The van der Waals surface area contributed by atoms with Gasteiger partial charge in [0.2, 0.25) is 9.76 Å². The van der Waals surface area contributed by atoms with Gasteiger partial charge in [-0.2, -0.15) is 0 Å². The Hall–Kier alpha value is 0.0569. The zero-order valence-electron chi connectivity index (χ0n) is 11.9. The molecule has 0 aliphatic rings. The highest BCUT2D eigenvalue weighted by Gasteiger charge is 1.94. The molecular weight excluding hydrogens is 248 g/mol. The van der Waals surface area contributed by atoms with Gasteiger partial charge in [-0.1, -0.05) is 32.6 Å². The molecule has 0 fully saturated rings. The Morgan fingerprint density at radius 2 is 1.44 bits per heavy atom. The van der Waals surface area contributed by atoms with Crippen LogP contribution in [0.4, 0.5) is 0 Å². The highest BCUT2D eigenvalue weighted by molar-refractivity contribution is 6.26. The van der Waals surface area contributed by atoms with Crippen LogP contribution in [-0.4, -0.2) is 56.5 Å². The molecule has 0 aromatic rings. The minimum absolute atomic E-state index is 0.628. The summed E-state index contributed by atoms with van der Waals surface area (Å²) in [5.74, 6) is 0. The summed E-state index contributed by atoms with van der Waals surface area (Å²) >= 11 is 0. The number of ether oxygens (including phenoxy) is 3. The molecule has 0 aromatic heterocycles. The average molecular weight is 276 g/mol. The first-order valence-corrected chi connectivity index (χ1v) is 8.02. The summed E-state index contributed by atoms with van der Waals surface area (Å²) in [6.45, 7) is 6.13. The molecule has 0 N–H and O–H groups in total. The summed E-state index contributed by atoms with van der Waals surface area (Å²) in [7, 11) is 2.29. The summed E-state index contributed by atoms with van der Waals surface area (Å²) in [6, 6.07) is 1.19. The summed E-state index contributed by atoms with van der Waals surface area (Å²) < 4.78 is 21.0. The normalized spacial score (nSPS) is 11.0. The van der Waals surface area contributed by atoms with Crippen molar-refractivity contribution in [1.29, 1.82) is 0 Å². The Bertz CT molecular complexity index is 131. The maximum Gasteiger partial charge on any atom is 0.229 e. The van der Waals surface area contributed by atoms with Gasteiger partial charge in [-0.05, 0) is 6.04 Å². The van der Waals surface area contributed by atoms with Crippen molar-refractivity contribution in [2.45, 2.75) is 38.7 Å². The quantitative estimate of drug-likeness (QED) is 0.340. The van der Waals surface area contributed by atoms with Gasteiger partial charge in [0.1, 0.15) is 0 Å². The van der Waals surface area contributed by atoms with E-state index in [9.17, 15) is 0 Å². The van der Waals surface area contributed by atoms with E-state index in [2.05, 4.69) is 6.92 Å². The highest BCUT2D eigenvalue weighted by Crippen LogP contribution is 2.02. The van der Waals surface area contributed by atoms with Gasteiger partial charge in [-0.15, -0.1) is 0 Å². The third-order valence-electron chi connectivity index (χ3n) is 2.37. The Morgan fingerprint density at radius 1 is 0.778 bits per heavy atom. The highest BCUT2D eigenvalue weighted by atomic mass is 28.2. The van der Waals surface area contributed by atoms with Crippen molar-refractivity contribution < 1.29 is 18.6 Å². The average Bonchev–Trinajstić information content (AvgIpc) is 2.39. The van der Waals surface area contributed by atoms with E-state index in [4.69, 9.17) is 18.6 Å². The molecule has 0 aromatic carbocycles. The first-order valence-electron chi connectivity index (χ1n) is 6.91. The van der Waals surface area contributed by atoms with Crippen molar-refractivity contribution in [1.82, 2.24) is 0 Å². The van der Waals surface area contributed by atoms with E-state index in [0.717, 1.165) is 0 Å². The second-order valence-electron chi connectivity index (χ2n) is 4.02. The number of unbranched alkanes of at least 4 members (excludes halogenated alkanes) is 3. The van der Waals surface area contributed by atoms with Crippen LogP contribution in [-0.2, 0) is 18.6 Å². The molecule has 0 aliphatic carbocycles. The first kappa shape index (κ1) is 18.1. The molecular formula is C13H28O4Si. The largest absolute Gasteiger partial charge is 0.415 e. The first-order chi connectivity index (χ1) is 8.91. The van der Waals surface area contributed by atoms with E-state index in [1.807, 2.05) is 0 Å². The zero-order valence-corrected chi connectivity index (χ0v) is 12.9. The molecule has 0 saturated heterocycles. The summed E-state index contributed by atoms with van der Waals surface area (Å²) in [5.41, 5.74) is 0. The van der Waals surface area contributed by atoms with E-state index >= 15 is 0 Å². The maximum atomic E-state index is 5.50. The van der Waals surface area contributed by atoms with Gasteiger partial charge in [-0.3, -0.25) is 0 Å². The molecule has 5 heteroatoms. The second-order valence-corrected chi connectivity index (χ2v) is 5.10. The zero-order chi connectivity index (χ0) is 13.3. The Labute approximate surface area is 114 Å². The van der Waals surface area contributed by atoms with Crippen LogP contribution in [0.5, 0.6) is 0 Å². The number of hydrogen-bond acceptors (Lipinski definition) is 4. The van der Waals surface area contributed by atoms with Crippen LogP contribution >= 0.6 is 0 Å². The molecule has 0 amide bonds. The summed E-state index contributed by atoms with van der Waals surface area (Å²) in [5, 5.41) is 0. The van der Waals surface area contributed by atoms with Crippen LogP contribution in [0.1, 0.15) is 32.6 Å². The van der Waals surface area contributed by atoms with E-state index in [1.165, 1.54) is 31.7 Å². The molecule has 0 bridgehead atoms. The Balaban J connectivity index is 2.86. The van der Waals surface area contributed by atoms with E-state index < -0.39 is 0 Å². The molecule has 0 rings (SSSR count). The van der Waals surface area contributed by atoms with Crippen molar-refractivity contribution in [3.05, 3.63) is 0 Å². The van der Waals surface area contributed by atoms with E-state index in [1.54, 1.807) is 7.11 Å². The van der Waals surface area contributed by atoms with Crippen LogP contribution in [0.25, 0.3) is 0 Å². The van der Waals surface area contributed by atoms with Crippen LogP contribution in [0.3, 0.4) is 0 Å². The maximum absolute atomic E-state index is 5.50. The van der Waals surface area contributed by atoms with Crippen molar-refractivity contribution in [2.75, 3.05) is 46.8 Å². The fourth-order valence-electron chi connectivity index (χ4n) is 1.33. The molecule has 18 heavy (non-hydrogen) atoms. The lowest BCUT2D eigenvalue weighted by atomic mass is 10.2. The van der Waals surface area contributed by atoms with Gasteiger partial charge in [0.25, 0.3) is 0 Å². The molecule has 2 radical (unpaired) electrons. The minimum atomic E-state index is 0.628. The molecule has 0 heterocycles. The molecule has 108 valence electrons. The van der Waals surface area contributed by atoms with Gasteiger partial charge in [-0.25, -0.2) is 0 Å². The summed E-state index contributed by atoms with van der Waals surface area (Å²) in [4.78, 5) is 0. The minimum Gasteiger partial charge on any atom is -0.415 e. The van der Waals surface area contributed by atoms with E-state index in [0.29, 0.717) is 49.4 Å². The van der Waals surface area contributed by atoms with Crippen molar-refractivity contribution in [3.8, 4) is 0 Å². The molecule has 0 unspecified atom stereocenters. The molecule has 4 nitrogen and oxygen atoms in total. The fraction of sp³-hybridized carbons (Fsp3) is 1.00.